The van der Waals surface area contributed by atoms with Crippen LogP contribution in [0.5, 0.6) is 0 Å². The lowest BCUT2D eigenvalue weighted by atomic mass is 10.2. The molecule has 0 saturated carbocycles. The van der Waals surface area contributed by atoms with E-state index >= 15 is 0 Å². The first-order valence-corrected chi connectivity index (χ1v) is 8.07. The summed E-state index contributed by atoms with van der Waals surface area (Å²) >= 11 is 5.65. The number of halogens is 4. The van der Waals surface area contributed by atoms with Crippen LogP contribution in [0.25, 0.3) is 5.69 Å². The van der Waals surface area contributed by atoms with Gasteiger partial charge in [-0.15, -0.1) is 4.68 Å². The van der Waals surface area contributed by atoms with Crippen molar-refractivity contribution in [3.05, 3.63) is 39.3 Å². The van der Waals surface area contributed by atoms with Crippen LogP contribution in [-0.4, -0.2) is 42.8 Å². The van der Waals surface area contributed by atoms with Crippen molar-refractivity contribution in [1.82, 2.24) is 24.7 Å². The Hall–Kier alpha value is -2.36. The third-order valence-corrected chi connectivity index (χ3v) is 3.91. The Bertz CT molecular complexity index is 865. The number of tetrazole rings is 1. The largest absolute Gasteiger partial charge is 0.417 e. The van der Waals surface area contributed by atoms with E-state index in [1.54, 1.807) is 27.7 Å². The molecule has 1 heterocycles. The van der Waals surface area contributed by atoms with Gasteiger partial charge in [0.25, 0.3) is 0 Å². The Morgan fingerprint density at radius 2 is 1.73 bits per heavy atom. The van der Waals surface area contributed by atoms with Crippen LogP contribution in [0.3, 0.4) is 0 Å². The molecule has 2 aromatic rings. The lowest BCUT2D eigenvalue weighted by Crippen LogP contribution is -2.47. The summed E-state index contributed by atoms with van der Waals surface area (Å²) in [5.41, 5.74) is -1.98. The van der Waals surface area contributed by atoms with Crippen LogP contribution in [0.1, 0.15) is 33.3 Å². The minimum Gasteiger partial charge on any atom is -0.318 e. The van der Waals surface area contributed by atoms with Crippen molar-refractivity contribution in [1.29, 1.82) is 0 Å². The Labute approximate surface area is 151 Å². The molecule has 26 heavy (non-hydrogen) atoms. The van der Waals surface area contributed by atoms with Gasteiger partial charge in [0.05, 0.1) is 16.3 Å². The third kappa shape index (κ3) is 3.74. The second-order valence-electron chi connectivity index (χ2n) is 6.12. The number of nitrogens with zero attached hydrogens (tertiary/aromatic N) is 5. The topological polar surface area (TPSA) is 73.0 Å². The number of alkyl halides is 3. The molecule has 0 N–H and O–H groups in total. The van der Waals surface area contributed by atoms with Crippen LogP contribution in [-0.2, 0) is 6.18 Å². The summed E-state index contributed by atoms with van der Waals surface area (Å²) in [4.78, 5) is 26.4. The third-order valence-electron chi connectivity index (χ3n) is 3.60. The van der Waals surface area contributed by atoms with Crippen molar-refractivity contribution in [3.63, 3.8) is 0 Å². The second-order valence-corrected chi connectivity index (χ2v) is 6.53. The van der Waals surface area contributed by atoms with Gasteiger partial charge in [0.2, 0.25) is 0 Å². The molecule has 0 fully saturated rings. The maximum atomic E-state index is 12.8. The van der Waals surface area contributed by atoms with Gasteiger partial charge >= 0.3 is 17.9 Å². The molecule has 142 valence electrons. The van der Waals surface area contributed by atoms with E-state index in [1.165, 1.54) is 4.90 Å². The van der Waals surface area contributed by atoms with Gasteiger partial charge in [0.15, 0.2) is 0 Å². The molecule has 0 spiro atoms. The minimum absolute atomic E-state index is 0.0345. The molecule has 2 rings (SSSR count). The predicted octanol–water partition coefficient (Wildman–Crippen LogP) is 3.19. The standard InChI is InChI=1S/C15H17ClF3N5O2/c1-8(2)22(9(3)4)13(25)24-14(26)23(20-21-24)10-5-6-11(12(16)7-10)15(17,18)19/h5-9H,1-4H3. The first-order chi connectivity index (χ1) is 11.9. The van der Waals surface area contributed by atoms with Crippen LogP contribution < -0.4 is 5.69 Å². The Morgan fingerprint density at radius 1 is 1.15 bits per heavy atom. The molecule has 1 aromatic carbocycles. The Morgan fingerprint density at radius 3 is 2.19 bits per heavy atom. The molecule has 0 unspecified atom stereocenters. The average molecular weight is 392 g/mol. The van der Waals surface area contributed by atoms with Crippen LogP contribution in [0, 0.1) is 0 Å². The fourth-order valence-electron chi connectivity index (χ4n) is 2.54. The maximum Gasteiger partial charge on any atom is 0.417 e. The zero-order chi connectivity index (χ0) is 19.8. The van der Waals surface area contributed by atoms with Gasteiger partial charge in [-0.3, -0.25) is 0 Å². The molecule has 1 amide bonds. The molecular weight excluding hydrogens is 375 g/mol. The molecule has 0 atom stereocenters. The highest BCUT2D eigenvalue weighted by Crippen LogP contribution is 2.35. The zero-order valence-electron chi connectivity index (χ0n) is 14.5. The average Bonchev–Trinajstić information content (AvgIpc) is 2.86. The lowest BCUT2D eigenvalue weighted by Gasteiger charge is -2.29. The van der Waals surface area contributed by atoms with E-state index in [9.17, 15) is 22.8 Å². The number of aromatic nitrogens is 4. The number of hydrogen-bond donors (Lipinski definition) is 0. The van der Waals surface area contributed by atoms with Crippen molar-refractivity contribution in [2.24, 2.45) is 0 Å². The van der Waals surface area contributed by atoms with Gasteiger partial charge in [-0.2, -0.15) is 17.9 Å². The van der Waals surface area contributed by atoms with E-state index in [2.05, 4.69) is 10.4 Å². The van der Waals surface area contributed by atoms with Gasteiger partial charge in [0.1, 0.15) is 0 Å². The van der Waals surface area contributed by atoms with Gasteiger partial charge < -0.3 is 4.90 Å². The summed E-state index contributed by atoms with van der Waals surface area (Å²) in [5.74, 6) is 0. The van der Waals surface area contributed by atoms with Crippen molar-refractivity contribution in [2.75, 3.05) is 0 Å². The highest BCUT2D eigenvalue weighted by Gasteiger charge is 2.33. The highest BCUT2D eigenvalue weighted by molar-refractivity contribution is 6.31. The summed E-state index contributed by atoms with van der Waals surface area (Å²) in [6, 6.07) is 1.64. The van der Waals surface area contributed by atoms with Gasteiger partial charge in [-0.25, -0.2) is 9.59 Å². The monoisotopic (exact) mass is 391 g/mol. The normalized spacial score (nSPS) is 12.1. The van der Waals surface area contributed by atoms with Gasteiger partial charge in [-0.05, 0) is 56.3 Å². The first-order valence-electron chi connectivity index (χ1n) is 7.70. The number of carbonyl (C=O) groups is 1. The van der Waals surface area contributed by atoms with Gasteiger partial charge in [-0.1, -0.05) is 11.6 Å². The number of rotatable bonds is 3. The quantitative estimate of drug-likeness (QED) is 0.753. The van der Waals surface area contributed by atoms with E-state index in [4.69, 9.17) is 11.6 Å². The van der Waals surface area contributed by atoms with Crippen LogP contribution >= 0.6 is 11.6 Å². The molecule has 1 aromatic heterocycles. The molecule has 0 aliphatic rings. The first kappa shape index (κ1) is 20.0. The summed E-state index contributed by atoms with van der Waals surface area (Å²) < 4.78 is 39.6. The number of amides is 1. The van der Waals surface area contributed by atoms with Crippen molar-refractivity contribution in [2.45, 2.75) is 46.0 Å². The lowest BCUT2D eigenvalue weighted by molar-refractivity contribution is -0.137. The molecule has 7 nitrogen and oxygen atoms in total. The van der Waals surface area contributed by atoms with Gasteiger partial charge in [0, 0.05) is 12.1 Å². The van der Waals surface area contributed by atoms with Crippen LogP contribution in [0.2, 0.25) is 5.02 Å². The molecule has 0 aliphatic heterocycles. The van der Waals surface area contributed by atoms with E-state index in [-0.39, 0.29) is 17.8 Å². The van der Waals surface area contributed by atoms with E-state index in [0.29, 0.717) is 9.36 Å². The number of carbonyl (C=O) groups excluding carboxylic acids is 1. The maximum absolute atomic E-state index is 12.8. The Balaban J connectivity index is 2.45. The SMILES string of the molecule is CC(C)N(C(=O)n1nnn(-c2ccc(C(F)(F)F)c(Cl)c2)c1=O)C(C)C. The van der Waals surface area contributed by atoms with Crippen molar-refractivity contribution >= 4 is 17.6 Å². The number of hydrogen-bond acceptors (Lipinski definition) is 4. The highest BCUT2D eigenvalue weighted by atomic mass is 35.5. The summed E-state index contributed by atoms with van der Waals surface area (Å²) in [5, 5.41) is 6.52. The summed E-state index contributed by atoms with van der Waals surface area (Å²) in [6.45, 7) is 7.12. The van der Waals surface area contributed by atoms with E-state index in [0.717, 1.165) is 18.2 Å². The zero-order valence-corrected chi connectivity index (χ0v) is 15.2. The fraction of sp³-hybridized carbons (Fsp3) is 0.467. The van der Waals surface area contributed by atoms with E-state index < -0.39 is 28.5 Å². The number of benzene rings is 1. The summed E-state index contributed by atoms with van der Waals surface area (Å²) in [7, 11) is 0. The summed E-state index contributed by atoms with van der Waals surface area (Å²) in [6.07, 6.45) is -4.62. The Kier molecular flexibility index (Phi) is 5.45. The smallest absolute Gasteiger partial charge is 0.318 e. The molecule has 0 aliphatic carbocycles. The second kappa shape index (κ2) is 7.10. The predicted molar refractivity (Wildman–Crippen MR) is 88.5 cm³/mol. The van der Waals surface area contributed by atoms with E-state index in [1.807, 2.05) is 0 Å². The minimum atomic E-state index is -4.62. The molecule has 0 bridgehead atoms. The molecule has 0 radical (unpaired) electrons. The molecule has 11 heteroatoms. The molecule has 0 saturated heterocycles. The van der Waals surface area contributed by atoms with Crippen LogP contribution in [0.4, 0.5) is 18.0 Å². The van der Waals surface area contributed by atoms with Crippen LogP contribution in [0.15, 0.2) is 23.0 Å². The molecular formula is C15H17ClF3N5O2. The fourth-order valence-corrected chi connectivity index (χ4v) is 2.82. The van der Waals surface area contributed by atoms with Crippen molar-refractivity contribution < 1.29 is 18.0 Å². The van der Waals surface area contributed by atoms with Crippen molar-refractivity contribution in [3.8, 4) is 5.69 Å².